The van der Waals surface area contributed by atoms with E-state index >= 15 is 0 Å². The fourth-order valence-electron chi connectivity index (χ4n) is 1.52. The SMILES string of the molecule is CCC(=C(C)C)/C(C)=C(\C)CC. The highest BCUT2D eigenvalue weighted by Gasteiger charge is 2.01. The summed E-state index contributed by atoms with van der Waals surface area (Å²) in [6.07, 6.45) is 2.33. The number of hydrogen-bond donors (Lipinski definition) is 0. The highest BCUT2D eigenvalue weighted by Crippen LogP contribution is 2.22. The van der Waals surface area contributed by atoms with E-state index in [2.05, 4.69) is 41.5 Å². The van der Waals surface area contributed by atoms with E-state index in [1.807, 2.05) is 0 Å². The first-order valence-electron chi connectivity index (χ1n) is 4.87. The zero-order valence-electron chi connectivity index (χ0n) is 9.41. The lowest BCUT2D eigenvalue weighted by atomic mass is 9.95. The summed E-state index contributed by atoms with van der Waals surface area (Å²) in [6, 6.07) is 0. The molecule has 0 nitrogen and oxygen atoms in total. The molecule has 12 heavy (non-hydrogen) atoms. The zero-order chi connectivity index (χ0) is 9.72. The minimum atomic E-state index is 1.16. The van der Waals surface area contributed by atoms with Crippen molar-refractivity contribution in [3.05, 3.63) is 22.3 Å². The van der Waals surface area contributed by atoms with Crippen LogP contribution in [-0.2, 0) is 0 Å². The van der Waals surface area contributed by atoms with Crippen molar-refractivity contribution in [3.63, 3.8) is 0 Å². The number of rotatable bonds is 3. The molecule has 0 bridgehead atoms. The predicted molar refractivity (Wildman–Crippen MR) is 57.3 cm³/mol. The van der Waals surface area contributed by atoms with Crippen molar-refractivity contribution in [3.8, 4) is 0 Å². The van der Waals surface area contributed by atoms with E-state index in [9.17, 15) is 0 Å². The molecule has 0 saturated carbocycles. The van der Waals surface area contributed by atoms with Gasteiger partial charge in [0.25, 0.3) is 0 Å². The van der Waals surface area contributed by atoms with Gasteiger partial charge in [-0.05, 0) is 51.7 Å². The molecule has 0 saturated heterocycles. The van der Waals surface area contributed by atoms with Crippen LogP contribution in [0.2, 0.25) is 0 Å². The Labute approximate surface area is 77.4 Å². The summed E-state index contributed by atoms with van der Waals surface area (Å²) in [7, 11) is 0. The fraction of sp³-hybridized carbons (Fsp3) is 0.667. The van der Waals surface area contributed by atoms with Crippen molar-refractivity contribution in [2.24, 2.45) is 0 Å². The lowest BCUT2D eigenvalue weighted by Crippen LogP contribution is -1.91. The summed E-state index contributed by atoms with van der Waals surface area (Å²) in [6.45, 7) is 13.3. The zero-order valence-corrected chi connectivity index (χ0v) is 9.41. The first-order valence-corrected chi connectivity index (χ1v) is 4.87. The van der Waals surface area contributed by atoms with Crippen LogP contribution in [0.5, 0.6) is 0 Å². The topological polar surface area (TPSA) is 0 Å². The third-order valence-electron chi connectivity index (χ3n) is 2.58. The highest BCUT2D eigenvalue weighted by atomic mass is 14.1. The lowest BCUT2D eigenvalue weighted by Gasteiger charge is -2.11. The van der Waals surface area contributed by atoms with Crippen molar-refractivity contribution in [1.82, 2.24) is 0 Å². The van der Waals surface area contributed by atoms with E-state index in [-0.39, 0.29) is 0 Å². The molecule has 0 amide bonds. The summed E-state index contributed by atoms with van der Waals surface area (Å²) in [5, 5.41) is 0. The standard InChI is InChI=1S/C12H22/c1-7-10(5)11(6)12(8-2)9(3)4/h7-8H2,1-6H3/b11-10+. The molecule has 70 valence electrons. The highest BCUT2D eigenvalue weighted by molar-refractivity contribution is 5.35. The van der Waals surface area contributed by atoms with Crippen LogP contribution in [0.1, 0.15) is 54.4 Å². The normalized spacial score (nSPS) is 12.5. The number of allylic oxidation sites excluding steroid dienone is 4. The van der Waals surface area contributed by atoms with E-state index in [1.165, 1.54) is 28.7 Å². The second-order valence-electron chi connectivity index (χ2n) is 3.59. The van der Waals surface area contributed by atoms with Crippen molar-refractivity contribution in [2.45, 2.75) is 54.4 Å². The molecule has 0 radical (unpaired) electrons. The second kappa shape index (κ2) is 5.18. The van der Waals surface area contributed by atoms with Crippen LogP contribution in [-0.4, -0.2) is 0 Å². The van der Waals surface area contributed by atoms with Gasteiger partial charge in [0.2, 0.25) is 0 Å². The van der Waals surface area contributed by atoms with Crippen LogP contribution in [0, 0.1) is 0 Å². The molecule has 0 aliphatic carbocycles. The molecular formula is C12H22. The Morgan fingerprint density at radius 3 is 1.58 bits per heavy atom. The Morgan fingerprint density at radius 2 is 1.33 bits per heavy atom. The van der Waals surface area contributed by atoms with Gasteiger partial charge in [0.1, 0.15) is 0 Å². The van der Waals surface area contributed by atoms with Crippen LogP contribution in [0.25, 0.3) is 0 Å². The van der Waals surface area contributed by atoms with Gasteiger partial charge in [-0.3, -0.25) is 0 Å². The molecule has 0 spiro atoms. The van der Waals surface area contributed by atoms with Gasteiger partial charge in [0.05, 0.1) is 0 Å². The summed E-state index contributed by atoms with van der Waals surface area (Å²) in [4.78, 5) is 0. The van der Waals surface area contributed by atoms with E-state index in [4.69, 9.17) is 0 Å². The molecular weight excluding hydrogens is 144 g/mol. The van der Waals surface area contributed by atoms with E-state index < -0.39 is 0 Å². The Balaban J connectivity index is 4.90. The monoisotopic (exact) mass is 166 g/mol. The molecule has 0 aliphatic rings. The first-order chi connectivity index (χ1) is 5.54. The van der Waals surface area contributed by atoms with Crippen LogP contribution >= 0.6 is 0 Å². The Bertz CT molecular complexity index is 200. The third kappa shape index (κ3) is 2.84. The van der Waals surface area contributed by atoms with E-state index in [0.717, 1.165) is 6.42 Å². The van der Waals surface area contributed by atoms with Crippen LogP contribution in [0.15, 0.2) is 22.3 Å². The molecule has 0 N–H and O–H groups in total. The van der Waals surface area contributed by atoms with E-state index in [1.54, 1.807) is 0 Å². The van der Waals surface area contributed by atoms with Gasteiger partial charge in [-0.15, -0.1) is 0 Å². The van der Waals surface area contributed by atoms with Gasteiger partial charge >= 0.3 is 0 Å². The van der Waals surface area contributed by atoms with Crippen LogP contribution in [0.3, 0.4) is 0 Å². The maximum atomic E-state index is 2.24. The third-order valence-corrected chi connectivity index (χ3v) is 2.58. The van der Waals surface area contributed by atoms with Gasteiger partial charge in [-0.1, -0.05) is 25.0 Å². The molecule has 0 atom stereocenters. The van der Waals surface area contributed by atoms with Gasteiger partial charge in [0.15, 0.2) is 0 Å². The summed E-state index contributed by atoms with van der Waals surface area (Å²) < 4.78 is 0. The quantitative estimate of drug-likeness (QED) is 0.542. The summed E-state index contributed by atoms with van der Waals surface area (Å²) >= 11 is 0. The summed E-state index contributed by atoms with van der Waals surface area (Å²) in [5.41, 5.74) is 6.02. The van der Waals surface area contributed by atoms with Gasteiger partial charge in [-0.25, -0.2) is 0 Å². The Hall–Kier alpha value is -0.520. The van der Waals surface area contributed by atoms with Gasteiger partial charge < -0.3 is 0 Å². The molecule has 0 aliphatic heterocycles. The van der Waals surface area contributed by atoms with Crippen LogP contribution in [0.4, 0.5) is 0 Å². The first kappa shape index (κ1) is 11.5. The predicted octanol–water partition coefficient (Wildman–Crippen LogP) is 4.48. The molecule has 0 unspecified atom stereocenters. The minimum Gasteiger partial charge on any atom is -0.0730 e. The minimum absolute atomic E-state index is 1.16. The lowest BCUT2D eigenvalue weighted by molar-refractivity contribution is 0.998. The summed E-state index contributed by atoms with van der Waals surface area (Å²) in [5.74, 6) is 0. The van der Waals surface area contributed by atoms with Crippen molar-refractivity contribution in [2.75, 3.05) is 0 Å². The molecule has 0 heteroatoms. The average Bonchev–Trinajstić information content (AvgIpc) is 2.03. The largest absolute Gasteiger partial charge is 0.0730 e. The second-order valence-corrected chi connectivity index (χ2v) is 3.59. The molecule has 0 heterocycles. The van der Waals surface area contributed by atoms with Crippen molar-refractivity contribution >= 4 is 0 Å². The average molecular weight is 166 g/mol. The Kier molecular flexibility index (Phi) is 4.96. The van der Waals surface area contributed by atoms with E-state index in [0.29, 0.717) is 0 Å². The maximum absolute atomic E-state index is 2.24. The molecule has 0 rings (SSSR count). The maximum Gasteiger partial charge on any atom is -0.0305 e. The molecule has 0 fully saturated rings. The van der Waals surface area contributed by atoms with Gasteiger partial charge in [0, 0.05) is 0 Å². The Morgan fingerprint density at radius 1 is 0.833 bits per heavy atom. The van der Waals surface area contributed by atoms with Crippen molar-refractivity contribution in [1.29, 1.82) is 0 Å². The fourth-order valence-corrected chi connectivity index (χ4v) is 1.52. The molecule has 0 aromatic carbocycles. The van der Waals surface area contributed by atoms with Gasteiger partial charge in [-0.2, -0.15) is 0 Å². The molecule has 0 aromatic heterocycles. The smallest absolute Gasteiger partial charge is 0.0305 e. The molecule has 0 aromatic rings. The van der Waals surface area contributed by atoms with Crippen molar-refractivity contribution < 1.29 is 0 Å². The van der Waals surface area contributed by atoms with Crippen LogP contribution < -0.4 is 0 Å². The number of hydrogen-bond acceptors (Lipinski definition) is 0.